The molecule has 0 atom stereocenters. The molecule has 1 aromatic rings. The summed E-state index contributed by atoms with van der Waals surface area (Å²) in [6.45, 7) is 2.48. The van der Waals surface area contributed by atoms with Crippen molar-refractivity contribution >= 4 is 22.4 Å². The minimum atomic E-state index is -0.160. The summed E-state index contributed by atoms with van der Waals surface area (Å²) in [5, 5.41) is 5.01. The van der Waals surface area contributed by atoms with Crippen LogP contribution in [-0.4, -0.2) is 24.1 Å². The topological polar surface area (TPSA) is 51.2 Å². The molecule has 0 saturated heterocycles. The highest BCUT2D eigenvalue weighted by molar-refractivity contribution is 7.13. The smallest absolute Gasteiger partial charge is 0.252 e. The molecule has 12 heavy (non-hydrogen) atoms. The zero-order valence-corrected chi connectivity index (χ0v) is 7.56. The third-order valence-corrected chi connectivity index (χ3v) is 1.80. The van der Waals surface area contributed by atoms with Gasteiger partial charge in [-0.05, 0) is 6.92 Å². The number of carbonyl (C=O) groups excluding carboxylic acids is 1. The van der Waals surface area contributed by atoms with Crippen LogP contribution in [0.2, 0.25) is 0 Å². The summed E-state index contributed by atoms with van der Waals surface area (Å²) in [7, 11) is 0. The lowest BCUT2D eigenvalue weighted by Crippen LogP contribution is -2.17. The van der Waals surface area contributed by atoms with Crippen molar-refractivity contribution in [1.82, 2.24) is 4.98 Å². The molecule has 0 spiro atoms. The predicted octanol–water partition coefficient (Wildman–Crippen LogP) is 1.12. The number of nitrogens with one attached hydrogen (secondary N) is 1. The Hall–Kier alpha value is -0.940. The third-order valence-electron chi connectivity index (χ3n) is 1.12. The van der Waals surface area contributed by atoms with Gasteiger partial charge < -0.3 is 4.74 Å². The lowest BCUT2D eigenvalue weighted by Gasteiger charge is -2.00. The Morgan fingerprint density at radius 3 is 3.25 bits per heavy atom. The standard InChI is InChI=1S/C7H10N2O2S/c1-2-11-5-6(10)9-7-8-3-4-12-7/h3-4H,2,5H2,1H3,(H,8,9,10). The van der Waals surface area contributed by atoms with E-state index in [-0.39, 0.29) is 12.5 Å². The van der Waals surface area contributed by atoms with Crippen molar-refractivity contribution in [2.24, 2.45) is 0 Å². The number of nitrogens with zero attached hydrogens (tertiary/aromatic N) is 1. The first kappa shape index (κ1) is 9.15. The first-order chi connectivity index (χ1) is 5.83. The van der Waals surface area contributed by atoms with E-state index in [9.17, 15) is 4.79 Å². The zero-order valence-electron chi connectivity index (χ0n) is 6.74. The number of anilines is 1. The number of hydrogen-bond donors (Lipinski definition) is 1. The van der Waals surface area contributed by atoms with Gasteiger partial charge in [0, 0.05) is 18.2 Å². The van der Waals surface area contributed by atoms with Gasteiger partial charge in [0.2, 0.25) is 0 Å². The monoisotopic (exact) mass is 186 g/mol. The fourth-order valence-electron chi connectivity index (χ4n) is 0.635. The highest BCUT2D eigenvalue weighted by Crippen LogP contribution is 2.09. The van der Waals surface area contributed by atoms with E-state index in [1.54, 1.807) is 11.6 Å². The third kappa shape index (κ3) is 2.98. The van der Waals surface area contributed by atoms with E-state index < -0.39 is 0 Å². The van der Waals surface area contributed by atoms with Crippen molar-refractivity contribution in [3.8, 4) is 0 Å². The van der Waals surface area contributed by atoms with E-state index in [0.717, 1.165) is 0 Å². The van der Waals surface area contributed by atoms with Crippen LogP contribution in [0.25, 0.3) is 0 Å². The van der Waals surface area contributed by atoms with Gasteiger partial charge in [0.05, 0.1) is 0 Å². The molecule has 1 rings (SSSR count). The molecular weight excluding hydrogens is 176 g/mol. The number of rotatable bonds is 4. The number of amides is 1. The van der Waals surface area contributed by atoms with E-state index in [2.05, 4.69) is 10.3 Å². The molecule has 1 amide bonds. The van der Waals surface area contributed by atoms with Gasteiger partial charge in [-0.25, -0.2) is 4.98 Å². The fraction of sp³-hybridized carbons (Fsp3) is 0.429. The number of aromatic nitrogens is 1. The molecule has 0 bridgehead atoms. The van der Waals surface area contributed by atoms with Gasteiger partial charge in [-0.3, -0.25) is 10.1 Å². The van der Waals surface area contributed by atoms with Crippen LogP contribution in [-0.2, 0) is 9.53 Å². The van der Waals surface area contributed by atoms with Crippen molar-refractivity contribution in [2.45, 2.75) is 6.92 Å². The van der Waals surface area contributed by atoms with Crippen LogP contribution in [0.15, 0.2) is 11.6 Å². The van der Waals surface area contributed by atoms with Gasteiger partial charge in [-0.15, -0.1) is 11.3 Å². The first-order valence-electron chi connectivity index (χ1n) is 3.60. The van der Waals surface area contributed by atoms with Crippen molar-refractivity contribution in [3.05, 3.63) is 11.6 Å². The van der Waals surface area contributed by atoms with Crippen molar-refractivity contribution < 1.29 is 9.53 Å². The Labute approximate surface area is 74.6 Å². The summed E-state index contributed by atoms with van der Waals surface area (Å²) in [6, 6.07) is 0. The molecule has 1 aromatic heterocycles. The maximum absolute atomic E-state index is 11.0. The molecule has 5 heteroatoms. The summed E-state index contributed by atoms with van der Waals surface area (Å²) in [5.41, 5.74) is 0. The van der Waals surface area contributed by atoms with E-state index >= 15 is 0 Å². The Morgan fingerprint density at radius 2 is 2.67 bits per heavy atom. The Kier molecular flexibility index (Phi) is 3.69. The molecule has 4 nitrogen and oxygen atoms in total. The van der Waals surface area contributed by atoms with Crippen molar-refractivity contribution in [3.63, 3.8) is 0 Å². The molecule has 0 radical (unpaired) electrons. The fourth-order valence-corrected chi connectivity index (χ4v) is 1.18. The van der Waals surface area contributed by atoms with Gasteiger partial charge in [0.25, 0.3) is 5.91 Å². The SMILES string of the molecule is CCOCC(=O)Nc1nccs1. The van der Waals surface area contributed by atoms with E-state index in [0.29, 0.717) is 11.7 Å². The normalized spacial score (nSPS) is 9.75. The Balaban J connectivity index is 2.27. The van der Waals surface area contributed by atoms with Crippen LogP contribution in [0, 0.1) is 0 Å². The summed E-state index contributed by atoms with van der Waals surface area (Å²) >= 11 is 1.39. The second kappa shape index (κ2) is 4.84. The summed E-state index contributed by atoms with van der Waals surface area (Å²) in [5.74, 6) is -0.160. The van der Waals surface area contributed by atoms with Gasteiger partial charge in [-0.2, -0.15) is 0 Å². The Morgan fingerprint density at radius 1 is 1.83 bits per heavy atom. The maximum atomic E-state index is 11.0. The second-order valence-corrected chi connectivity index (χ2v) is 2.92. The highest BCUT2D eigenvalue weighted by Gasteiger charge is 2.02. The molecule has 0 aliphatic rings. The molecule has 0 aliphatic heterocycles. The van der Waals surface area contributed by atoms with E-state index in [1.165, 1.54) is 11.3 Å². The molecule has 1 N–H and O–H groups in total. The number of hydrogen-bond acceptors (Lipinski definition) is 4. The first-order valence-corrected chi connectivity index (χ1v) is 4.48. The van der Waals surface area contributed by atoms with Crippen LogP contribution in [0.1, 0.15) is 6.92 Å². The van der Waals surface area contributed by atoms with Crippen LogP contribution < -0.4 is 5.32 Å². The average Bonchev–Trinajstić information content (AvgIpc) is 2.53. The number of carbonyl (C=O) groups is 1. The highest BCUT2D eigenvalue weighted by atomic mass is 32.1. The van der Waals surface area contributed by atoms with E-state index in [4.69, 9.17) is 4.74 Å². The largest absolute Gasteiger partial charge is 0.372 e. The molecule has 0 unspecified atom stereocenters. The van der Waals surface area contributed by atoms with Gasteiger partial charge in [-0.1, -0.05) is 0 Å². The summed E-state index contributed by atoms with van der Waals surface area (Å²) in [6.07, 6.45) is 1.64. The summed E-state index contributed by atoms with van der Waals surface area (Å²) in [4.78, 5) is 14.9. The second-order valence-electron chi connectivity index (χ2n) is 2.02. The average molecular weight is 186 g/mol. The molecule has 1 heterocycles. The van der Waals surface area contributed by atoms with Crippen molar-refractivity contribution in [1.29, 1.82) is 0 Å². The lowest BCUT2D eigenvalue weighted by molar-refractivity contribution is -0.120. The van der Waals surface area contributed by atoms with Gasteiger partial charge >= 0.3 is 0 Å². The quantitative estimate of drug-likeness (QED) is 0.766. The predicted molar refractivity (Wildman–Crippen MR) is 47.2 cm³/mol. The maximum Gasteiger partial charge on any atom is 0.252 e. The van der Waals surface area contributed by atoms with Crippen LogP contribution in [0.5, 0.6) is 0 Å². The van der Waals surface area contributed by atoms with E-state index in [1.807, 2.05) is 6.92 Å². The van der Waals surface area contributed by atoms with Crippen LogP contribution in [0.3, 0.4) is 0 Å². The lowest BCUT2D eigenvalue weighted by atomic mass is 10.6. The zero-order chi connectivity index (χ0) is 8.81. The van der Waals surface area contributed by atoms with Crippen molar-refractivity contribution in [2.75, 3.05) is 18.5 Å². The van der Waals surface area contributed by atoms with Crippen LogP contribution in [0.4, 0.5) is 5.13 Å². The molecule has 66 valence electrons. The number of thiazole rings is 1. The molecular formula is C7H10N2O2S. The molecule has 0 saturated carbocycles. The minimum absolute atomic E-state index is 0.0933. The Bertz CT molecular complexity index is 236. The molecule has 0 fully saturated rings. The van der Waals surface area contributed by atoms with Gasteiger partial charge in [0.15, 0.2) is 5.13 Å². The number of ether oxygens (including phenoxy) is 1. The summed E-state index contributed by atoms with van der Waals surface area (Å²) < 4.78 is 4.91. The molecule has 0 aromatic carbocycles. The van der Waals surface area contributed by atoms with Crippen LogP contribution >= 0.6 is 11.3 Å². The minimum Gasteiger partial charge on any atom is -0.372 e. The molecule has 0 aliphatic carbocycles. The van der Waals surface area contributed by atoms with Gasteiger partial charge in [0.1, 0.15) is 6.61 Å².